The number of amides is 1. The summed E-state index contributed by atoms with van der Waals surface area (Å²) >= 11 is 0. The van der Waals surface area contributed by atoms with E-state index < -0.39 is 5.97 Å². The third kappa shape index (κ3) is 3.60. The molecule has 142 valence electrons. The number of carboxylic acid groups (broad SMARTS) is 1. The van der Waals surface area contributed by atoms with Gasteiger partial charge in [-0.15, -0.1) is 0 Å². The van der Waals surface area contributed by atoms with Crippen LogP contribution in [-0.4, -0.2) is 57.5 Å². The first-order valence-electron chi connectivity index (χ1n) is 9.27. The maximum Gasteiger partial charge on any atom is 0.305 e. The molecule has 2 aromatic rings. The van der Waals surface area contributed by atoms with E-state index in [0.29, 0.717) is 24.6 Å². The molecule has 1 aliphatic heterocycles. The molecule has 2 heterocycles. The van der Waals surface area contributed by atoms with Crippen LogP contribution in [0.4, 0.5) is 0 Å². The number of carbonyl (C=O) groups excluding carboxylic acids is 1. The number of nitrogens with zero attached hydrogens (tertiary/aromatic N) is 3. The fraction of sp³-hybridized carbons (Fsp3) is 0.450. The molecule has 1 saturated carbocycles. The van der Waals surface area contributed by atoms with Crippen molar-refractivity contribution in [3.05, 3.63) is 47.8 Å². The lowest BCUT2D eigenvalue weighted by atomic mass is 10.1. The van der Waals surface area contributed by atoms with Crippen molar-refractivity contribution in [3.8, 4) is 5.69 Å². The standard InChI is InChI=1S/C20H23N3O4/c1-27-16-9-15(10-19(24)25)22(12-16)20(26)18-11-17(13-7-8-13)21-23(18)14-5-3-2-4-6-14/h2-6,11,13,15-16H,7-10,12H2,1H3,(H,24,25). The molecule has 1 amide bonds. The Balaban J connectivity index is 1.69. The number of hydrogen-bond acceptors (Lipinski definition) is 4. The first kappa shape index (κ1) is 17.7. The number of para-hydroxylation sites is 1. The number of aromatic nitrogens is 2. The van der Waals surface area contributed by atoms with Gasteiger partial charge in [-0.1, -0.05) is 18.2 Å². The number of rotatable bonds is 6. The average molecular weight is 369 g/mol. The third-order valence-corrected chi connectivity index (χ3v) is 5.32. The molecule has 7 heteroatoms. The molecule has 1 aliphatic carbocycles. The maximum absolute atomic E-state index is 13.4. The highest BCUT2D eigenvalue weighted by Gasteiger charge is 2.39. The fourth-order valence-corrected chi connectivity index (χ4v) is 3.73. The minimum Gasteiger partial charge on any atom is -0.481 e. The Morgan fingerprint density at radius 1 is 1.26 bits per heavy atom. The number of methoxy groups -OCH3 is 1. The lowest BCUT2D eigenvalue weighted by Crippen LogP contribution is -2.38. The molecule has 1 saturated heterocycles. The van der Waals surface area contributed by atoms with Crippen molar-refractivity contribution in [2.24, 2.45) is 0 Å². The minimum absolute atomic E-state index is 0.0828. The highest BCUT2D eigenvalue weighted by atomic mass is 16.5. The van der Waals surface area contributed by atoms with Gasteiger partial charge in [-0.2, -0.15) is 5.10 Å². The van der Waals surface area contributed by atoms with Crippen molar-refractivity contribution >= 4 is 11.9 Å². The number of likely N-dealkylation sites (tertiary alicyclic amines) is 1. The van der Waals surface area contributed by atoms with Crippen LogP contribution in [0, 0.1) is 0 Å². The molecule has 0 bridgehead atoms. The molecule has 7 nitrogen and oxygen atoms in total. The summed E-state index contributed by atoms with van der Waals surface area (Å²) in [5, 5.41) is 13.9. The van der Waals surface area contributed by atoms with Crippen LogP contribution in [0.5, 0.6) is 0 Å². The maximum atomic E-state index is 13.4. The number of ether oxygens (including phenoxy) is 1. The zero-order chi connectivity index (χ0) is 19.0. The van der Waals surface area contributed by atoms with E-state index in [0.717, 1.165) is 24.2 Å². The summed E-state index contributed by atoms with van der Waals surface area (Å²) in [7, 11) is 1.59. The van der Waals surface area contributed by atoms with Gasteiger partial charge in [-0.25, -0.2) is 4.68 Å². The van der Waals surface area contributed by atoms with Gasteiger partial charge in [0.15, 0.2) is 0 Å². The molecule has 2 aliphatic rings. The number of aliphatic carboxylic acids is 1. The summed E-state index contributed by atoms with van der Waals surface area (Å²) in [4.78, 5) is 26.3. The van der Waals surface area contributed by atoms with Gasteiger partial charge in [0.25, 0.3) is 5.91 Å². The lowest BCUT2D eigenvalue weighted by Gasteiger charge is -2.23. The van der Waals surface area contributed by atoms with Crippen molar-refractivity contribution in [3.63, 3.8) is 0 Å². The second-order valence-corrected chi connectivity index (χ2v) is 7.28. The molecule has 2 atom stereocenters. The van der Waals surface area contributed by atoms with Crippen LogP contribution in [0.2, 0.25) is 0 Å². The zero-order valence-electron chi connectivity index (χ0n) is 15.2. The summed E-state index contributed by atoms with van der Waals surface area (Å²) in [6.07, 6.45) is 2.49. The van der Waals surface area contributed by atoms with E-state index in [1.165, 1.54) is 0 Å². The number of carboxylic acids is 1. The van der Waals surface area contributed by atoms with Crippen molar-refractivity contribution < 1.29 is 19.4 Å². The number of benzene rings is 1. The van der Waals surface area contributed by atoms with Gasteiger partial charge in [0.1, 0.15) is 5.69 Å². The average Bonchev–Trinajstić information content (AvgIpc) is 3.29. The third-order valence-electron chi connectivity index (χ3n) is 5.32. The highest BCUT2D eigenvalue weighted by molar-refractivity contribution is 5.94. The van der Waals surface area contributed by atoms with E-state index in [2.05, 4.69) is 5.10 Å². The molecule has 4 rings (SSSR count). The molecule has 2 unspecified atom stereocenters. The number of hydrogen-bond donors (Lipinski definition) is 1. The Bertz CT molecular complexity index is 844. The summed E-state index contributed by atoms with van der Waals surface area (Å²) < 4.78 is 7.09. The van der Waals surface area contributed by atoms with E-state index in [1.807, 2.05) is 36.4 Å². The highest BCUT2D eigenvalue weighted by Crippen LogP contribution is 2.40. The fourth-order valence-electron chi connectivity index (χ4n) is 3.73. The molecular weight excluding hydrogens is 346 g/mol. The molecule has 0 spiro atoms. The monoisotopic (exact) mass is 369 g/mol. The van der Waals surface area contributed by atoms with Gasteiger partial charge < -0.3 is 14.7 Å². The minimum atomic E-state index is -0.912. The van der Waals surface area contributed by atoms with Crippen molar-refractivity contribution in [2.45, 2.75) is 43.7 Å². The second-order valence-electron chi connectivity index (χ2n) is 7.28. The first-order chi connectivity index (χ1) is 13.1. The van der Waals surface area contributed by atoms with Gasteiger partial charge >= 0.3 is 5.97 Å². The van der Waals surface area contributed by atoms with Crippen LogP contribution >= 0.6 is 0 Å². The Morgan fingerprint density at radius 3 is 2.63 bits per heavy atom. The van der Waals surface area contributed by atoms with Gasteiger partial charge in [-0.05, 0) is 37.5 Å². The Hall–Kier alpha value is -2.67. The predicted molar refractivity (Wildman–Crippen MR) is 98.0 cm³/mol. The van der Waals surface area contributed by atoms with E-state index >= 15 is 0 Å². The van der Waals surface area contributed by atoms with Crippen molar-refractivity contribution in [1.29, 1.82) is 0 Å². The lowest BCUT2D eigenvalue weighted by molar-refractivity contribution is -0.138. The summed E-state index contributed by atoms with van der Waals surface area (Å²) in [5.41, 5.74) is 2.24. The number of carbonyl (C=O) groups is 2. The van der Waals surface area contributed by atoms with Gasteiger partial charge in [0.2, 0.25) is 0 Å². The molecule has 2 fully saturated rings. The second kappa shape index (κ2) is 7.15. The molecule has 1 aromatic heterocycles. The van der Waals surface area contributed by atoms with Crippen LogP contribution in [0.3, 0.4) is 0 Å². The molecular formula is C20H23N3O4. The van der Waals surface area contributed by atoms with Gasteiger partial charge in [-0.3, -0.25) is 9.59 Å². The van der Waals surface area contributed by atoms with E-state index in [1.54, 1.807) is 16.7 Å². The normalized spacial score (nSPS) is 22.2. The Morgan fingerprint density at radius 2 is 2.00 bits per heavy atom. The summed E-state index contributed by atoms with van der Waals surface area (Å²) in [5.74, 6) is -0.685. The predicted octanol–water partition coefficient (Wildman–Crippen LogP) is 2.45. The van der Waals surface area contributed by atoms with Crippen LogP contribution in [0.1, 0.15) is 47.8 Å². The zero-order valence-corrected chi connectivity index (χ0v) is 15.2. The van der Waals surface area contributed by atoms with Crippen molar-refractivity contribution in [2.75, 3.05) is 13.7 Å². The van der Waals surface area contributed by atoms with Crippen LogP contribution in [0.25, 0.3) is 5.69 Å². The molecule has 27 heavy (non-hydrogen) atoms. The van der Waals surface area contributed by atoms with E-state index in [9.17, 15) is 14.7 Å². The largest absolute Gasteiger partial charge is 0.481 e. The topological polar surface area (TPSA) is 84.7 Å². The van der Waals surface area contributed by atoms with Crippen LogP contribution in [0.15, 0.2) is 36.4 Å². The first-order valence-corrected chi connectivity index (χ1v) is 9.27. The Labute approximate surface area is 157 Å². The van der Waals surface area contributed by atoms with Gasteiger partial charge in [0, 0.05) is 25.6 Å². The summed E-state index contributed by atoms with van der Waals surface area (Å²) in [6, 6.07) is 11.1. The quantitative estimate of drug-likeness (QED) is 0.845. The Kier molecular flexibility index (Phi) is 4.70. The molecule has 0 radical (unpaired) electrons. The van der Waals surface area contributed by atoms with E-state index in [-0.39, 0.29) is 24.5 Å². The summed E-state index contributed by atoms with van der Waals surface area (Å²) in [6.45, 7) is 0.395. The smallest absolute Gasteiger partial charge is 0.305 e. The molecule has 1 N–H and O–H groups in total. The van der Waals surface area contributed by atoms with Crippen LogP contribution < -0.4 is 0 Å². The SMILES string of the molecule is COC1CC(CC(=O)O)N(C(=O)c2cc(C3CC3)nn2-c2ccccc2)C1. The van der Waals surface area contributed by atoms with Crippen molar-refractivity contribution in [1.82, 2.24) is 14.7 Å². The molecule has 1 aromatic carbocycles. The van der Waals surface area contributed by atoms with E-state index in [4.69, 9.17) is 4.74 Å². The van der Waals surface area contributed by atoms with Gasteiger partial charge in [0.05, 0.1) is 23.9 Å². The van der Waals surface area contributed by atoms with Crippen LogP contribution in [-0.2, 0) is 9.53 Å².